The Morgan fingerprint density at radius 3 is 2.81 bits per heavy atom. The van der Waals surface area contributed by atoms with Gasteiger partial charge >= 0.3 is 0 Å². The Hall–Kier alpha value is -1.54. The molecular weight excluding hydrogens is 370 g/mol. The third-order valence-corrected chi connectivity index (χ3v) is 7.35. The molecule has 1 aromatic carbocycles. The molecule has 26 heavy (non-hydrogen) atoms. The largest absolute Gasteiger partial charge is 0.482 e. The van der Waals surface area contributed by atoms with Crippen LogP contribution in [-0.2, 0) is 19.9 Å². The summed E-state index contributed by atoms with van der Waals surface area (Å²) >= 11 is 3.48. The van der Waals surface area contributed by atoms with E-state index in [9.17, 15) is 4.79 Å². The molecule has 0 unspecified atom stereocenters. The Labute approximate surface area is 161 Å². The monoisotopic (exact) mass is 391 g/mol. The number of carbonyl (C=O) groups is 1. The lowest BCUT2D eigenvalue weighted by Crippen LogP contribution is -2.35. The highest BCUT2D eigenvalue weighted by molar-refractivity contribution is 8.01. The average Bonchev–Trinajstić information content (AvgIpc) is 3.14. The van der Waals surface area contributed by atoms with Gasteiger partial charge in [-0.2, -0.15) is 0 Å². The smallest absolute Gasteiger partial charge is 0.264 e. The van der Waals surface area contributed by atoms with E-state index in [4.69, 9.17) is 14.2 Å². The van der Waals surface area contributed by atoms with Gasteiger partial charge in [0.15, 0.2) is 6.61 Å². The van der Waals surface area contributed by atoms with Crippen LogP contribution in [0.1, 0.15) is 17.7 Å². The van der Waals surface area contributed by atoms with Crippen LogP contribution >= 0.6 is 23.1 Å². The summed E-state index contributed by atoms with van der Waals surface area (Å²) in [5.74, 6) is 0.730. The number of fused-ring (bicyclic) bond motifs is 1. The van der Waals surface area contributed by atoms with Crippen molar-refractivity contribution in [2.75, 3.05) is 38.9 Å². The van der Waals surface area contributed by atoms with Gasteiger partial charge in [-0.05, 0) is 30.3 Å². The molecule has 1 fully saturated rings. The van der Waals surface area contributed by atoms with Crippen LogP contribution in [0.15, 0.2) is 39.4 Å². The summed E-state index contributed by atoms with van der Waals surface area (Å²) in [5, 5.41) is 0. The zero-order valence-corrected chi connectivity index (χ0v) is 16.5. The number of nitrogens with zero attached hydrogens (tertiary/aromatic N) is 1. The standard InChI is InChI=1S/C19H21NO4S2/c1-20-14-4-3-13(11-15(14)24-12-17(20)21)25-18-6-5-16(26-18)19(22-2)7-9-23-10-8-19/h3-6,11H,7-10,12H2,1-2H3. The van der Waals surface area contributed by atoms with Gasteiger partial charge in [-0.3, -0.25) is 4.79 Å². The summed E-state index contributed by atoms with van der Waals surface area (Å²) in [6.07, 6.45) is 1.78. The lowest BCUT2D eigenvalue weighted by atomic mass is 9.92. The van der Waals surface area contributed by atoms with Gasteiger partial charge in [-0.15, -0.1) is 11.3 Å². The summed E-state index contributed by atoms with van der Waals surface area (Å²) in [7, 11) is 3.57. The molecule has 0 bridgehead atoms. The van der Waals surface area contributed by atoms with Crippen molar-refractivity contribution in [2.24, 2.45) is 0 Å². The van der Waals surface area contributed by atoms with Crippen LogP contribution in [0.3, 0.4) is 0 Å². The molecule has 1 saturated heterocycles. The number of likely N-dealkylation sites (N-methyl/N-ethyl adjacent to an activating group) is 1. The number of ether oxygens (including phenoxy) is 3. The fourth-order valence-electron chi connectivity index (χ4n) is 3.31. The summed E-state index contributed by atoms with van der Waals surface area (Å²) in [6.45, 7) is 1.57. The number of amides is 1. The zero-order valence-electron chi connectivity index (χ0n) is 14.8. The predicted octanol–water partition coefficient (Wildman–Crippen LogP) is 3.91. The van der Waals surface area contributed by atoms with Crippen molar-refractivity contribution in [1.29, 1.82) is 0 Å². The minimum Gasteiger partial charge on any atom is -0.482 e. The van der Waals surface area contributed by atoms with Crippen LogP contribution in [0, 0.1) is 0 Å². The van der Waals surface area contributed by atoms with Gasteiger partial charge in [0.2, 0.25) is 0 Å². The molecule has 0 atom stereocenters. The first-order valence-electron chi connectivity index (χ1n) is 8.56. The molecule has 0 aliphatic carbocycles. The maximum atomic E-state index is 11.7. The number of methoxy groups -OCH3 is 1. The molecule has 0 radical (unpaired) electrons. The normalized spacial score (nSPS) is 19.2. The van der Waals surface area contributed by atoms with Gasteiger partial charge in [0.1, 0.15) is 11.4 Å². The quantitative estimate of drug-likeness (QED) is 0.791. The van der Waals surface area contributed by atoms with Gasteiger partial charge in [-0.25, -0.2) is 0 Å². The molecule has 1 aromatic heterocycles. The summed E-state index contributed by atoms with van der Waals surface area (Å²) in [5.41, 5.74) is 0.599. The molecule has 3 heterocycles. The van der Waals surface area contributed by atoms with Crippen LogP contribution < -0.4 is 9.64 Å². The first-order chi connectivity index (χ1) is 12.6. The number of rotatable bonds is 4. The Kier molecular flexibility index (Phi) is 4.96. The van der Waals surface area contributed by atoms with Crippen LogP contribution in [0.5, 0.6) is 5.75 Å². The van der Waals surface area contributed by atoms with E-state index in [1.54, 1.807) is 42.2 Å². The first-order valence-corrected chi connectivity index (χ1v) is 10.2. The van der Waals surface area contributed by atoms with Crippen molar-refractivity contribution in [1.82, 2.24) is 0 Å². The van der Waals surface area contributed by atoms with Gasteiger partial charge < -0.3 is 19.1 Å². The topological polar surface area (TPSA) is 48.0 Å². The van der Waals surface area contributed by atoms with Gasteiger partial charge in [0, 0.05) is 50.0 Å². The Morgan fingerprint density at radius 1 is 1.23 bits per heavy atom. The van der Waals surface area contributed by atoms with Crippen molar-refractivity contribution in [2.45, 2.75) is 27.5 Å². The Morgan fingerprint density at radius 2 is 2.04 bits per heavy atom. The fraction of sp³-hybridized carbons (Fsp3) is 0.421. The second kappa shape index (κ2) is 7.23. The number of anilines is 1. The number of carbonyl (C=O) groups excluding carboxylic acids is 1. The predicted molar refractivity (Wildman–Crippen MR) is 103 cm³/mol. The molecule has 2 aliphatic rings. The van der Waals surface area contributed by atoms with Crippen molar-refractivity contribution in [3.63, 3.8) is 0 Å². The highest BCUT2D eigenvalue weighted by atomic mass is 32.2. The Bertz CT molecular complexity index is 814. The second-order valence-corrected chi connectivity index (χ2v) is 8.86. The van der Waals surface area contributed by atoms with E-state index in [0.717, 1.165) is 42.4 Å². The van der Waals surface area contributed by atoms with Crippen LogP contribution in [0.4, 0.5) is 5.69 Å². The third-order valence-electron chi connectivity index (χ3n) is 4.96. The summed E-state index contributed by atoms with van der Waals surface area (Å²) in [4.78, 5) is 15.7. The van der Waals surface area contributed by atoms with Crippen LogP contribution in [0.25, 0.3) is 0 Å². The number of benzene rings is 1. The fourth-order valence-corrected chi connectivity index (χ4v) is 5.67. The van der Waals surface area contributed by atoms with E-state index in [1.165, 1.54) is 9.09 Å². The lowest BCUT2D eigenvalue weighted by Gasteiger charge is -2.35. The molecule has 138 valence electrons. The van der Waals surface area contributed by atoms with E-state index in [2.05, 4.69) is 12.1 Å². The zero-order chi connectivity index (χ0) is 18.1. The molecule has 0 saturated carbocycles. The number of hydrogen-bond donors (Lipinski definition) is 0. The van der Waals surface area contributed by atoms with E-state index < -0.39 is 0 Å². The van der Waals surface area contributed by atoms with Crippen molar-refractivity contribution >= 4 is 34.7 Å². The summed E-state index contributed by atoms with van der Waals surface area (Å²) < 4.78 is 18.2. The number of thiophene rings is 1. The maximum absolute atomic E-state index is 11.7. The SMILES string of the molecule is COC1(c2ccc(Sc3ccc4c(c3)OCC(=O)N4C)s2)CCOCC1. The van der Waals surface area contributed by atoms with E-state index >= 15 is 0 Å². The van der Waals surface area contributed by atoms with Crippen molar-refractivity contribution < 1.29 is 19.0 Å². The van der Waals surface area contributed by atoms with Gasteiger partial charge in [0.25, 0.3) is 5.91 Å². The molecule has 7 heteroatoms. The molecule has 0 spiro atoms. The Balaban J connectivity index is 1.54. The van der Waals surface area contributed by atoms with E-state index in [0.29, 0.717) is 0 Å². The highest BCUT2D eigenvalue weighted by Gasteiger charge is 2.35. The lowest BCUT2D eigenvalue weighted by molar-refractivity contribution is -0.121. The first kappa shape index (κ1) is 17.9. The van der Waals surface area contributed by atoms with Gasteiger partial charge in [-0.1, -0.05) is 11.8 Å². The minimum absolute atomic E-state index is 0.0258. The minimum atomic E-state index is -0.218. The average molecular weight is 392 g/mol. The van der Waals surface area contributed by atoms with Crippen LogP contribution in [-0.4, -0.2) is 39.9 Å². The number of hydrogen-bond acceptors (Lipinski definition) is 6. The molecule has 4 rings (SSSR count). The molecule has 1 amide bonds. The van der Waals surface area contributed by atoms with Gasteiger partial charge in [0.05, 0.1) is 9.90 Å². The summed E-state index contributed by atoms with van der Waals surface area (Å²) in [6, 6.07) is 10.3. The highest BCUT2D eigenvalue weighted by Crippen LogP contribution is 2.44. The third kappa shape index (κ3) is 3.24. The van der Waals surface area contributed by atoms with E-state index in [-0.39, 0.29) is 18.1 Å². The molecule has 2 aromatic rings. The van der Waals surface area contributed by atoms with Crippen LogP contribution in [0.2, 0.25) is 0 Å². The molecule has 5 nitrogen and oxygen atoms in total. The van der Waals surface area contributed by atoms with E-state index in [1.807, 2.05) is 18.2 Å². The van der Waals surface area contributed by atoms with Crippen molar-refractivity contribution in [3.8, 4) is 5.75 Å². The second-order valence-electron chi connectivity index (χ2n) is 6.40. The molecule has 0 N–H and O–H groups in total. The van der Waals surface area contributed by atoms with Crippen molar-refractivity contribution in [3.05, 3.63) is 35.2 Å². The maximum Gasteiger partial charge on any atom is 0.264 e. The molecular formula is C19H21NO4S2. The molecule has 2 aliphatic heterocycles.